The Labute approximate surface area is 202 Å². The van der Waals surface area contributed by atoms with Crippen molar-refractivity contribution < 1.29 is 18.7 Å². The summed E-state index contributed by atoms with van der Waals surface area (Å²) in [6.07, 6.45) is 2.05. The van der Waals surface area contributed by atoms with Gasteiger partial charge in [0.05, 0.1) is 29.5 Å². The van der Waals surface area contributed by atoms with E-state index >= 15 is 0 Å². The van der Waals surface area contributed by atoms with E-state index in [2.05, 4.69) is 10.4 Å². The molecule has 3 aromatic carbocycles. The number of nitrogens with one attached hydrogen (secondary N) is 1. The summed E-state index contributed by atoms with van der Waals surface area (Å²) >= 11 is 0. The number of fused-ring (bicyclic) bond motifs is 1. The number of carbonyl (C=O) groups is 2. The highest BCUT2D eigenvalue weighted by atomic mass is 19.1. The van der Waals surface area contributed by atoms with Crippen molar-refractivity contribution in [2.75, 3.05) is 4.90 Å². The van der Waals surface area contributed by atoms with Crippen LogP contribution in [0.2, 0.25) is 0 Å². The van der Waals surface area contributed by atoms with E-state index in [1.807, 2.05) is 55.5 Å². The van der Waals surface area contributed by atoms with Gasteiger partial charge in [0, 0.05) is 17.5 Å². The van der Waals surface area contributed by atoms with Gasteiger partial charge < -0.3 is 15.0 Å². The molecule has 0 unspecified atom stereocenters. The zero-order chi connectivity index (χ0) is 24.4. The standard InChI is InChI=1S/C27H25FN4O3/c1-2-24-23(30-27(34)35-17-18-6-4-3-5-7-18)15-26(33)31(24)22-12-13-25-19(14-22)16-29-32(25)21-10-8-20(28)9-11-21/h3-14,16,23-24H,2,15,17H2,1H3,(H,30,34)/t23-,24-/m0/s1. The number of carbonyl (C=O) groups excluding carboxylic acids is 2. The fraction of sp³-hybridized carbons (Fsp3) is 0.222. The first-order valence-electron chi connectivity index (χ1n) is 11.6. The van der Waals surface area contributed by atoms with Crippen LogP contribution in [0.25, 0.3) is 16.6 Å². The number of aromatic nitrogens is 2. The molecule has 0 spiro atoms. The number of halogens is 1. The van der Waals surface area contributed by atoms with E-state index in [1.54, 1.807) is 27.9 Å². The summed E-state index contributed by atoms with van der Waals surface area (Å²) in [5.41, 5.74) is 3.23. The number of hydrogen-bond acceptors (Lipinski definition) is 4. The van der Waals surface area contributed by atoms with Crippen LogP contribution in [0.5, 0.6) is 0 Å². The van der Waals surface area contributed by atoms with Crippen molar-refractivity contribution in [2.24, 2.45) is 0 Å². The van der Waals surface area contributed by atoms with Gasteiger partial charge in [-0.25, -0.2) is 13.9 Å². The Morgan fingerprint density at radius 3 is 2.57 bits per heavy atom. The molecule has 35 heavy (non-hydrogen) atoms. The fourth-order valence-corrected chi connectivity index (χ4v) is 4.61. The third kappa shape index (κ3) is 4.59. The number of alkyl carbamates (subject to hydrolysis) is 1. The molecule has 2 atom stereocenters. The van der Waals surface area contributed by atoms with Crippen molar-refractivity contribution in [2.45, 2.75) is 38.5 Å². The Bertz CT molecular complexity index is 1350. The van der Waals surface area contributed by atoms with Gasteiger partial charge in [0.1, 0.15) is 12.4 Å². The summed E-state index contributed by atoms with van der Waals surface area (Å²) in [5, 5.41) is 8.17. The molecule has 5 rings (SSSR count). The lowest BCUT2D eigenvalue weighted by Gasteiger charge is -2.27. The summed E-state index contributed by atoms with van der Waals surface area (Å²) in [4.78, 5) is 27.2. The van der Waals surface area contributed by atoms with Gasteiger partial charge >= 0.3 is 6.09 Å². The van der Waals surface area contributed by atoms with Crippen LogP contribution in [-0.2, 0) is 16.1 Å². The third-order valence-electron chi connectivity index (χ3n) is 6.29. The van der Waals surface area contributed by atoms with Gasteiger partial charge in [-0.3, -0.25) is 4.79 Å². The van der Waals surface area contributed by atoms with Crippen LogP contribution in [-0.4, -0.2) is 33.9 Å². The molecule has 1 fully saturated rings. The SMILES string of the molecule is CC[C@H]1[C@@H](NC(=O)OCc2ccccc2)CC(=O)N1c1ccc2c(cnn2-c2ccc(F)cc2)c1. The molecule has 7 nitrogen and oxygen atoms in total. The zero-order valence-electron chi connectivity index (χ0n) is 19.2. The molecule has 2 heterocycles. The summed E-state index contributed by atoms with van der Waals surface area (Å²) in [5.74, 6) is -0.367. The monoisotopic (exact) mass is 472 g/mol. The van der Waals surface area contributed by atoms with Gasteiger partial charge in [-0.1, -0.05) is 37.3 Å². The topological polar surface area (TPSA) is 76.5 Å². The highest BCUT2D eigenvalue weighted by molar-refractivity contribution is 5.99. The first-order chi connectivity index (χ1) is 17.0. The smallest absolute Gasteiger partial charge is 0.407 e. The number of hydrogen-bond donors (Lipinski definition) is 1. The maximum atomic E-state index is 13.3. The second-order valence-electron chi connectivity index (χ2n) is 8.53. The summed E-state index contributed by atoms with van der Waals surface area (Å²) in [6.45, 7) is 2.16. The van der Waals surface area contributed by atoms with Crippen LogP contribution in [0, 0.1) is 5.82 Å². The average molecular weight is 473 g/mol. The molecule has 178 valence electrons. The van der Waals surface area contributed by atoms with Crippen molar-refractivity contribution in [1.82, 2.24) is 15.1 Å². The van der Waals surface area contributed by atoms with E-state index < -0.39 is 6.09 Å². The second-order valence-corrected chi connectivity index (χ2v) is 8.53. The Hall–Kier alpha value is -4.20. The maximum Gasteiger partial charge on any atom is 0.407 e. The van der Waals surface area contributed by atoms with E-state index in [0.29, 0.717) is 6.42 Å². The van der Waals surface area contributed by atoms with Crippen molar-refractivity contribution in [3.63, 3.8) is 0 Å². The van der Waals surface area contributed by atoms with E-state index in [9.17, 15) is 14.0 Å². The van der Waals surface area contributed by atoms with E-state index in [-0.39, 0.29) is 36.8 Å². The van der Waals surface area contributed by atoms with E-state index in [0.717, 1.165) is 27.8 Å². The van der Waals surface area contributed by atoms with Crippen LogP contribution in [0.15, 0.2) is 79.0 Å². The lowest BCUT2D eigenvalue weighted by atomic mass is 10.1. The number of amides is 2. The Kier molecular flexibility index (Phi) is 6.18. The Morgan fingerprint density at radius 1 is 1.09 bits per heavy atom. The minimum Gasteiger partial charge on any atom is -0.445 e. The number of rotatable bonds is 6. The molecule has 1 saturated heterocycles. The number of anilines is 1. The summed E-state index contributed by atoms with van der Waals surface area (Å²) in [6, 6.07) is 20.7. The summed E-state index contributed by atoms with van der Waals surface area (Å²) in [7, 11) is 0. The number of nitrogens with zero attached hydrogens (tertiary/aromatic N) is 3. The highest BCUT2D eigenvalue weighted by Crippen LogP contribution is 2.32. The van der Waals surface area contributed by atoms with Crippen LogP contribution in [0.3, 0.4) is 0 Å². The van der Waals surface area contributed by atoms with Crippen molar-refractivity contribution in [3.05, 3.63) is 90.4 Å². The minimum atomic E-state index is -0.539. The lowest BCUT2D eigenvalue weighted by Crippen LogP contribution is -2.45. The Morgan fingerprint density at radius 2 is 1.83 bits per heavy atom. The molecule has 0 radical (unpaired) electrons. The molecule has 8 heteroatoms. The molecule has 1 aliphatic rings. The fourth-order valence-electron chi connectivity index (χ4n) is 4.61. The first-order valence-corrected chi connectivity index (χ1v) is 11.6. The lowest BCUT2D eigenvalue weighted by molar-refractivity contribution is -0.117. The molecule has 2 amide bonds. The predicted octanol–water partition coefficient (Wildman–Crippen LogP) is 4.97. The number of benzene rings is 3. The van der Waals surface area contributed by atoms with Crippen molar-refractivity contribution in [1.29, 1.82) is 0 Å². The van der Waals surface area contributed by atoms with Crippen molar-refractivity contribution >= 4 is 28.6 Å². The van der Waals surface area contributed by atoms with Gasteiger partial charge in [-0.2, -0.15) is 5.10 Å². The average Bonchev–Trinajstić information content (AvgIpc) is 3.43. The number of ether oxygens (including phenoxy) is 1. The minimum absolute atomic E-state index is 0.0597. The van der Waals surface area contributed by atoms with E-state index in [1.165, 1.54) is 12.1 Å². The van der Waals surface area contributed by atoms with Crippen LogP contribution >= 0.6 is 0 Å². The molecule has 0 aliphatic carbocycles. The first kappa shape index (κ1) is 22.6. The third-order valence-corrected chi connectivity index (χ3v) is 6.29. The molecular weight excluding hydrogens is 447 g/mol. The molecule has 1 aliphatic heterocycles. The van der Waals surface area contributed by atoms with E-state index in [4.69, 9.17) is 4.74 Å². The predicted molar refractivity (Wildman–Crippen MR) is 131 cm³/mol. The quantitative estimate of drug-likeness (QED) is 0.430. The van der Waals surface area contributed by atoms with Crippen LogP contribution in [0.1, 0.15) is 25.3 Å². The molecule has 1 N–H and O–H groups in total. The summed E-state index contributed by atoms with van der Waals surface area (Å²) < 4.78 is 20.4. The molecule has 1 aromatic heterocycles. The second kappa shape index (κ2) is 9.58. The van der Waals surface area contributed by atoms with Crippen LogP contribution in [0.4, 0.5) is 14.9 Å². The van der Waals surface area contributed by atoms with Crippen LogP contribution < -0.4 is 10.2 Å². The van der Waals surface area contributed by atoms with Crippen molar-refractivity contribution in [3.8, 4) is 5.69 Å². The normalized spacial score (nSPS) is 17.7. The molecule has 0 saturated carbocycles. The van der Waals surface area contributed by atoms with Gasteiger partial charge in [0.25, 0.3) is 0 Å². The zero-order valence-corrected chi connectivity index (χ0v) is 19.2. The Balaban J connectivity index is 1.32. The highest BCUT2D eigenvalue weighted by Gasteiger charge is 2.40. The maximum absolute atomic E-state index is 13.3. The van der Waals surface area contributed by atoms with Gasteiger partial charge in [0.2, 0.25) is 5.91 Å². The van der Waals surface area contributed by atoms with Gasteiger partial charge in [0.15, 0.2) is 0 Å². The molecule has 0 bridgehead atoms. The largest absolute Gasteiger partial charge is 0.445 e. The molecular formula is C27H25FN4O3. The molecule has 4 aromatic rings. The van der Waals surface area contributed by atoms with Gasteiger partial charge in [-0.15, -0.1) is 0 Å². The van der Waals surface area contributed by atoms with Gasteiger partial charge in [-0.05, 0) is 54.4 Å².